The molecule has 1 fully saturated rings. The first-order valence-corrected chi connectivity index (χ1v) is 6.72. The molecule has 0 heterocycles. The second-order valence-electron chi connectivity index (χ2n) is 4.76. The summed E-state index contributed by atoms with van der Waals surface area (Å²) in [5, 5.41) is 6.76. The van der Waals surface area contributed by atoms with Crippen LogP contribution in [0.3, 0.4) is 0 Å². The Hall–Kier alpha value is -0.960. The van der Waals surface area contributed by atoms with Crippen LogP contribution in [0.1, 0.15) is 38.5 Å². The van der Waals surface area contributed by atoms with Gasteiger partial charge in [-0.05, 0) is 18.9 Å². The van der Waals surface area contributed by atoms with E-state index in [4.69, 9.17) is 11.6 Å². The summed E-state index contributed by atoms with van der Waals surface area (Å²) in [5.41, 5.74) is 0. The van der Waals surface area contributed by atoms with E-state index in [0.717, 1.165) is 17.9 Å². The van der Waals surface area contributed by atoms with E-state index < -0.39 is 0 Å². The number of carbonyl (C=O) groups excluding carboxylic acids is 1. The van der Waals surface area contributed by atoms with Crippen molar-refractivity contribution in [3.05, 3.63) is 23.3 Å². The highest BCUT2D eigenvalue weighted by molar-refractivity contribution is 6.29. The highest BCUT2D eigenvalue weighted by atomic mass is 35.5. The van der Waals surface area contributed by atoms with Gasteiger partial charge in [-0.25, -0.2) is 4.79 Å². The number of hydrogen-bond donors (Lipinski definition) is 2. The Morgan fingerprint density at radius 1 is 1.24 bits per heavy atom. The molecule has 4 heteroatoms. The zero-order valence-corrected chi connectivity index (χ0v) is 10.7. The fourth-order valence-electron chi connectivity index (χ4n) is 2.38. The molecular formula is C13H19ClN2O. The summed E-state index contributed by atoms with van der Waals surface area (Å²) in [7, 11) is 0. The van der Waals surface area contributed by atoms with Gasteiger partial charge in [0.2, 0.25) is 0 Å². The van der Waals surface area contributed by atoms with Crippen molar-refractivity contribution < 1.29 is 4.79 Å². The van der Waals surface area contributed by atoms with E-state index in [1.165, 1.54) is 19.3 Å². The molecular weight excluding hydrogens is 236 g/mol. The van der Waals surface area contributed by atoms with E-state index in [2.05, 4.69) is 10.6 Å². The van der Waals surface area contributed by atoms with Crippen LogP contribution in [0, 0.1) is 0 Å². The van der Waals surface area contributed by atoms with E-state index in [9.17, 15) is 4.79 Å². The molecule has 0 spiro atoms. The normalized spacial score (nSPS) is 25.2. The van der Waals surface area contributed by atoms with Gasteiger partial charge in [0.05, 0.1) is 6.04 Å². The molecule has 94 valence electrons. The van der Waals surface area contributed by atoms with Gasteiger partial charge in [-0.1, -0.05) is 43.0 Å². The minimum Gasteiger partial charge on any atom is -0.335 e. The van der Waals surface area contributed by atoms with Crippen molar-refractivity contribution in [2.75, 3.05) is 0 Å². The molecule has 3 nitrogen and oxygen atoms in total. The van der Waals surface area contributed by atoms with Crippen LogP contribution in [-0.4, -0.2) is 18.1 Å². The van der Waals surface area contributed by atoms with Crippen molar-refractivity contribution in [2.24, 2.45) is 0 Å². The Morgan fingerprint density at radius 3 is 2.71 bits per heavy atom. The average molecular weight is 255 g/mol. The molecule has 2 aliphatic rings. The summed E-state index contributed by atoms with van der Waals surface area (Å²) >= 11 is 5.92. The van der Waals surface area contributed by atoms with Gasteiger partial charge in [0, 0.05) is 17.5 Å². The lowest BCUT2D eigenvalue weighted by Gasteiger charge is -2.24. The summed E-state index contributed by atoms with van der Waals surface area (Å²) in [6.45, 7) is 0. The third kappa shape index (κ3) is 4.08. The van der Waals surface area contributed by atoms with Crippen molar-refractivity contribution in [3.63, 3.8) is 0 Å². The predicted molar refractivity (Wildman–Crippen MR) is 70.0 cm³/mol. The third-order valence-electron chi connectivity index (χ3n) is 3.29. The average Bonchev–Trinajstić information content (AvgIpc) is 2.30. The number of nitrogens with one attached hydrogen (secondary N) is 2. The van der Waals surface area contributed by atoms with Crippen LogP contribution < -0.4 is 10.6 Å². The molecule has 0 radical (unpaired) electrons. The number of allylic oxidation sites excluding steroid dienone is 2. The second kappa shape index (κ2) is 6.10. The van der Waals surface area contributed by atoms with Gasteiger partial charge in [0.1, 0.15) is 0 Å². The Morgan fingerprint density at radius 2 is 2.00 bits per heavy atom. The highest BCUT2D eigenvalue weighted by Gasteiger charge is 2.18. The van der Waals surface area contributed by atoms with Crippen LogP contribution in [0.15, 0.2) is 23.3 Å². The number of amides is 2. The van der Waals surface area contributed by atoms with Gasteiger partial charge >= 0.3 is 6.03 Å². The van der Waals surface area contributed by atoms with Crippen molar-refractivity contribution in [1.82, 2.24) is 10.6 Å². The van der Waals surface area contributed by atoms with Crippen molar-refractivity contribution >= 4 is 17.6 Å². The Kier molecular flexibility index (Phi) is 4.49. The molecule has 17 heavy (non-hydrogen) atoms. The minimum atomic E-state index is -0.0714. The smallest absolute Gasteiger partial charge is 0.315 e. The molecule has 0 aromatic rings. The van der Waals surface area contributed by atoms with Gasteiger partial charge in [-0.3, -0.25) is 0 Å². The molecule has 1 unspecified atom stereocenters. The summed E-state index contributed by atoms with van der Waals surface area (Å²) in [6.07, 6.45) is 12.4. The standard InChI is InChI=1S/C13H19ClN2O/c14-10-5-4-8-12(9-10)16-13(17)15-11-6-2-1-3-7-11/h4-5,8,11-12H,1-3,6-7,9H2,(H2,15,16,17). The van der Waals surface area contributed by atoms with Gasteiger partial charge in [0.25, 0.3) is 0 Å². The quantitative estimate of drug-likeness (QED) is 0.781. The van der Waals surface area contributed by atoms with E-state index >= 15 is 0 Å². The first-order chi connectivity index (χ1) is 8.24. The van der Waals surface area contributed by atoms with Crippen LogP contribution in [-0.2, 0) is 0 Å². The topological polar surface area (TPSA) is 41.1 Å². The van der Waals surface area contributed by atoms with Gasteiger partial charge in [-0.2, -0.15) is 0 Å². The maximum Gasteiger partial charge on any atom is 0.315 e. The van der Waals surface area contributed by atoms with Crippen LogP contribution >= 0.6 is 11.6 Å². The molecule has 2 rings (SSSR count). The Bertz CT molecular complexity index is 332. The van der Waals surface area contributed by atoms with Crippen LogP contribution in [0.5, 0.6) is 0 Å². The summed E-state index contributed by atoms with van der Waals surface area (Å²) < 4.78 is 0. The molecule has 0 bridgehead atoms. The molecule has 2 aliphatic carbocycles. The molecule has 1 saturated carbocycles. The molecule has 0 aliphatic heterocycles. The van der Waals surface area contributed by atoms with E-state index in [-0.39, 0.29) is 12.1 Å². The number of carbonyl (C=O) groups is 1. The largest absolute Gasteiger partial charge is 0.335 e. The molecule has 2 N–H and O–H groups in total. The van der Waals surface area contributed by atoms with Crippen molar-refractivity contribution in [1.29, 1.82) is 0 Å². The third-order valence-corrected chi connectivity index (χ3v) is 3.57. The van der Waals surface area contributed by atoms with E-state index in [0.29, 0.717) is 12.5 Å². The highest BCUT2D eigenvalue weighted by Crippen LogP contribution is 2.18. The number of rotatable bonds is 2. The monoisotopic (exact) mass is 254 g/mol. The van der Waals surface area contributed by atoms with E-state index in [1.54, 1.807) is 0 Å². The predicted octanol–water partition coefficient (Wildman–Crippen LogP) is 3.07. The summed E-state index contributed by atoms with van der Waals surface area (Å²) in [5.74, 6) is 0. The zero-order chi connectivity index (χ0) is 12.1. The maximum absolute atomic E-state index is 11.8. The van der Waals surface area contributed by atoms with Crippen LogP contribution in [0.2, 0.25) is 0 Å². The first kappa shape index (κ1) is 12.5. The van der Waals surface area contributed by atoms with Gasteiger partial charge in [0.15, 0.2) is 0 Å². The lowest BCUT2D eigenvalue weighted by atomic mass is 9.96. The maximum atomic E-state index is 11.8. The van der Waals surface area contributed by atoms with Gasteiger partial charge < -0.3 is 10.6 Å². The number of hydrogen-bond acceptors (Lipinski definition) is 1. The summed E-state index contributed by atoms with van der Waals surface area (Å²) in [6, 6.07) is 0.302. The fourth-order valence-corrected chi connectivity index (χ4v) is 2.62. The van der Waals surface area contributed by atoms with Gasteiger partial charge in [-0.15, -0.1) is 0 Å². The first-order valence-electron chi connectivity index (χ1n) is 6.34. The van der Waals surface area contributed by atoms with Crippen LogP contribution in [0.4, 0.5) is 4.79 Å². The molecule has 2 amide bonds. The number of halogens is 1. The molecule has 0 aromatic carbocycles. The summed E-state index contributed by atoms with van der Waals surface area (Å²) in [4.78, 5) is 11.8. The molecule has 0 aromatic heterocycles. The Balaban J connectivity index is 1.73. The number of urea groups is 1. The van der Waals surface area contributed by atoms with Crippen molar-refractivity contribution in [2.45, 2.75) is 50.6 Å². The Labute approximate surface area is 107 Å². The zero-order valence-electron chi connectivity index (χ0n) is 9.92. The van der Waals surface area contributed by atoms with Crippen LogP contribution in [0.25, 0.3) is 0 Å². The van der Waals surface area contributed by atoms with E-state index in [1.807, 2.05) is 18.2 Å². The lowest BCUT2D eigenvalue weighted by Crippen LogP contribution is -2.46. The van der Waals surface area contributed by atoms with Crippen molar-refractivity contribution in [3.8, 4) is 0 Å². The molecule has 0 saturated heterocycles. The fraction of sp³-hybridized carbons (Fsp3) is 0.615. The SMILES string of the molecule is O=C(NC1C=CC=C(Cl)C1)NC1CCCCC1. The minimum absolute atomic E-state index is 0.0242. The second-order valence-corrected chi connectivity index (χ2v) is 5.25. The lowest BCUT2D eigenvalue weighted by molar-refractivity contribution is 0.230. The molecule has 1 atom stereocenters.